The molecule has 2 aromatic carbocycles. The van der Waals surface area contributed by atoms with E-state index >= 15 is 0 Å². The van der Waals surface area contributed by atoms with Crippen molar-refractivity contribution in [1.82, 2.24) is 15.3 Å². The number of hydrogen-bond donors (Lipinski definition) is 2. The van der Waals surface area contributed by atoms with Gasteiger partial charge in [-0.3, -0.25) is 9.78 Å². The van der Waals surface area contributed by atoms with Gasteiger partial charge in [-0.15, -0.1) is 0 Å². The number of fused-ring (bicyclic) bond motifs is 1. The van der Waals surface area contributed by atoms with Gasteiger partial charge in [-0.1, -0.05) is 54.6 Å². The van der Waals surface area contributed by atoms with Gasteiger partial charge in [0, 0.05) is 42.0 Å². The van der Waals surface area contributed by atoms with Crippen molar-refractivity contribution in [1.29, 1.82) is 0 Å². The molecule has 0 radical (unpaired) electrons. The first-order valence-electron chi connectivity index (χ1n) is 9.09. The number of carbonyl (C=O) groups excluding carboxylic acids is 1. The maximum atomic E-state index is 13.0. The van der Waals surface area contributed by atoms with E-state index in [1.165, 1.54) is 0 Å². The Hall–Kier alpha value is -3.40. The van der Waals surface area contributed by atoms with Crippen LogP contribution in [0.15, 0.2) is 85.2 Å². The first kappa shape index (κ1) is 17.0. The standard InChI is InChI=1S/C23H21N3O/c27-23(26-16-18-15-25-22-12-5-4-11-20(18)22)21(17-8-2-1-3-9-17)14-19-10-6-7-13-24-19/h1-13,15,21,25H,14,16H2,(H,26,27). The van der Waals surface area contributed by atoms with Crippen LogP contribution in [-0.4, -0.2) is 15.9 Å². The fourth-order valence-corrected chi connectivity index (χ4v) is 3.36. The van der Waals surface area contributed by atoms with Crippen molar-refractivity contribution in [2.45, 2.75) is 18.9 Å². The Bertz CT molecular complexity index is 1030. The van der Waals surface area contributed by atoms with Gasteiger partial charge in [0.25, 0.3) is 0 Å². The van der Waals surface area contributed by atoms with Crippen LogP contribution >= 0.6 is 0 Å². The van der Waals surface area contributed by atoms with Crippen molar-refractivity contribution >= 4 is 16.8 Å². The number of carbonyl (C=O) groups is 1. The van der Waals surface area contributed by atoms with Crippen molar-refractivity contribution in [2.75, 3.05) is 0 Å². The lowest BCUT2D eigenvalue weighted by atomic mass is 9.93. The number of rotatable bonds is 6. The lowest BCUT2D eigenvalue weighted by Crippen LogP contribution is -2.30. The molecule has 4 heteroatoms. The molecule has 0 saturated carbocycles. The molecule has 0 aliphatic heterocycles. The average molecular weight is 355 g/mol. The lowest BCUT2D eigenvalue weighted by molar-refractivity contribution is -0.122. The molecule has 0 aliphatic carbocycles. The summed E-state index contributed by atoms with van der Waals surface area (Å²) in [4.78, 5) is 20.7. The van der Waals surface area contributed by atoms with Crippen LogP contribution in [0, 0.1) is 0 Å². The van der Waals surface area contributed by atoms with Crippen LogP contribution in [0.4, 0.5) is 0 Å². The molecule has 1 unspecified atom stereocenters. The van der Waals surface area contributed by atoms with Crippen LogP contribution < -0.4 is 5.32 Å². The summed E-state index contributed by atoms with van der Waals surface area (Å²) in [5.74, 6) is -0.261. The van der Waals surface area contributed by atoms with Gasteiger partial charge in [0.2, 0.25) is 5.91 Å². The molecule has 1 atom stereocenters. The molecule has 4 nitrogen and oxygen atoms in total. The van der Waals surface area contributed by atoms with Gasteiger partial charge in [-0.2, -0.15) is 0 Å². The Morgan fingerprint density at radius 3 is 2.56 bits per heavy atom. The molecule has 0 aliphatic rings. The Morgan fingerprint density at radius 2 is 1.74 bits per heavy atom. The maximum Gasteiger partial charge on any atom is 0.228 e. The van der Waals surface area contributed by atoms with Crippen molar-refractivity contribution in [2.24, 2.45) is 0 Å². The van der Waals surface area contributed by atoms with E-state index in [-0.39, 0.29) is 11.8 Å². The van der Waals surface area contributed by atoms with Crippen LogP contribution in [0.25, 0.3) is 10.9 Å². The molecule has 27 heavy (non-hydrogen) atoms. The highest BCUT2D eigenvalue weighted by molar-refractivity contribution is 5.86. The zero-order chi connectivity index (χ0) is 18.5. The Morgan fingerprint density at radius 1 is 0.963 bits per heavy atom. The molecular formula is C23H21N3O. The fraction of sp³-hybridized carbons (Fsp3) is 0.130. The number of H-pyrrole nitrogens is 1. The van der Waals surface area contributed by atoms with Gasteiger partial charge in [0.05, 0.1) is 5.92 Å². The summed E-state index contributed by atoms with van der Waals surface area (Å²) in [5, 5.41) is 4.25. The molecule has 0 spiro atoms. The molecule has 2 heterocycles. The molecular weight excluding hydrogens is 334 g/mol. The van der Waals surface area contributed by atoms with E-state index in [0.717, 1.165) is 27.7 Å². The number of nitrogens with one attached hydrogen (secondary N) is 2. The van der Waals surface area contributed by atoms with Crippen LogP contribution in [0.1, 0.15) is 22.7 Å². The second-order valence-corrected chi connectivity index (χ2v) is 6.57. The molecule has 4 rings (SSSR count). The molecule has 2 aromatic heterocycles. The lowest BCUT2D eigenvalue weighted by Gasteiger charge is -2.17. The van der Waals surface area contributed by atoms with E-state index in [0.29, 0.717) is 13.0 Å². The zero-order valence-corrected chi connectivity index (χ0v) is 14.9. The first-order chi connectivity index (χ1) is 13.3. The summed E-state index contributed by atoms with van der Waals surface area (Å²) < 4.78 is 0. The third-order valence-electron chi connectivity index (χ3n) is 4.79. The summed E-state index contributed by atoms with van der Waals surface area (Å²) in [7, 11) is 0. The highest BCUT2D eigenvalue weighted by Gasteiger charge is 2.21. The molecule has 1 amide bonds. The largest absolute Gasteiger partial charge is 0.361 e. The number of para-hydroxylation sites is 1. The molecule has 0 bridgehead atoms. The van der Waals surface area contributed by atoms with Gasteiger partial charge >= 0.3 is 0 Å². The number of aromatic amines is 1. The second kappa shape index (κ2) is 7.87. The van der Waals surface area contributed by atoms with Crippen LogP contribution in [-0.2, 0) is 17.8 Å². The number of aromatic nitrogens is 2. The number of benzene rings is 2. The number of amides is 1. The summed E-state index contributed by atoms with van der Waals surface area (Å²) in [5.41, 5.74) is 4.08. The molecule has 134 valence electrons. The van der Waals surface area contributed by atoms with E-state index in [4.69, 9.17) is 0 Å². The number of nitrogens with zero attached hydrogens (tertiary/aromatic N) is 1. The minimum absolute atomic E-state index is 0.0112. The summed E-state index contributed by atoms with van der Waals surface area (Å²) >= 11 is 0. The number of pyridine rings is 1. The summed E-state index contributed by atoms with van der Waals surface area (Å²) in [6.45, 7) is 0.494. The van der Waals surface area contributed by atoms with Crippen LogP contribution in [0.2, 0.25) is 0 Å². The third-order valence-corrected chi connectivity index (χ3v) is 4.79. The Balaban J connectivity index is 1.53. The fourth-order valence-electron chi connectivity index (χ4n) is 3.36. The molecule has 0 fully saturated rings. The summed E-state index contributed by atoms with van der Waals surface area (Å²) in [6, 6.07) is 23.8. The Labute approximate surface area is 158 Å². The van der Waals surface area contributed by atoms with E-state index < -0.39 is 0 Å². The smallest absolute Gasteiger partial charge is 0.228 e. The van der Waals surface area contributed by atoms with Gasteiger partial charge in [0.1, 0.15) is 0 Å². The predicted molar refractivity (Wildman–Crippen MR) is 107 cm³/mol. The number of hydrogen-bond acceptors (Lipinski definition) is 2. The Kier molecular flexibility index (Phi) is 4.97. The highest BCUT2D eigenvalue weighted by Crippen LogP contribution is 2.22. The average Bonchev–Trinajstić information content (AvgIpc) is 3.15. The third kappa shape index (κ3) is 3.90. The van der Waals surface area contributed by atoms with Gasteiger partial charge in [-0.25, -0.2) is 0 Å². The van der Waals surface area contributed by atoms with Crippen molar-refractivity contribution in [3.63, 3.8) is 0 Å². The van der Waals surface area contributed by atoms with Crippen molar-refractivity contribution in [3.8, 4) is 0 Å². The normalized spacial score (nSPS) is 12.0. The van der Waals surface area contributed by atoms with E-state index in [9.17, 15) is 4.79 Å². The highest BCUT2D eigenvalue weighted by atomic mass is 16.1. The van der Waals surface area contributed by atoms with Gasteiger partial charge in [0.15, 0.2) is 0 Å². The van der Waals surface area contributed by atoms with E-state index in [1.54, 1.807) is 6.20 Å². The molecule has 0 saturated heterocycles. The monoisotopic (exact) mass is 355 g/mol. The SMILES string of the molecule is O=C(NCc1c[nH]c2ccccc12)C(Cc1ccccn1)c1ccccc1. The van der Waals surface area contributed by atoms with E-state index in [1.807, 2.05) is 72.9 Å². The molecule has 4 aromatic rings. The second-order valence-electron chi connectivity index (χ2n) is 6.57. The van der Waals surface area contributed by atoms with Crippen LogP contribution in [0.3, 0.4) is 0 Å². The maximum absolute atomic E-state index is 13.0. The van der Waals surface area contributed by atoms with E-state index in [2.05, 4.69) is 21.4 Å². The van der Waals surface area contributed by atoms with Crippen LogP contribution in [0.5, 0.6) is 0 Å². The quantitative estimate of drug-likeness (QED) is 0.544. The zero-order valence-electron chi connectivity index (χ0n) is 14.9. The summed E-state index contributed by atoms with van der Waals surface area (Å²) in [6.07, 6.45) is 4.30. The van der Waals surface area contributed by atoms with Gasteiger partial charge < -0.3 is 10.3 Å². The van der Waals surface area contributed by atoms with Crippen molar-refractivity contribution < 1.29 is 4.79 Å². The molecule has 2 N–H and O–H groups in total. The van der Waals surface area contributed by atoms with Gasteiger partial charge in [-0.05, 0) is 29.3 Å². The predicted octanol–water partition coefficient (Wildman–Crippen LogP) is 4.21. The topological polar surface area (TPSA) is 57.8 Å². The first-order valence-corrected chi connectivity index (χ1v) is 9.09. The minimum atomic E-state index is -0.272. The van der Waals surface area contributed by atoms with Crippen molar-refractivity contribution in [3.05, 3.63) is 102 Å². The minimum Gasteiger partial charge on any atom is -0.361 e.